The van der Waals surface area contributed by atoms with Gasteiger partial charge in [-0.25, -0.2) is 9.97 Å². The second-order valence-electron chi connectivity index (χ2n) is 3.70. The van der Waals surface area contributed by atoms with Crippen LogP contribution in [0.1, 0.15) is 5.69 Å². The Morgan fingerprint density at radius 3 is 2.76 bits per heavy atom. The summed E-state index contributed by atoms with van der Waals surface area (Å²) in [4.78, 5) is 18.0. The summed E-state index contributed by atoms with van der Waals surface area (Å²) in [6, 6.07) is 3.96. The van der Waals surface area contributed by atoms with E-state index in [2.05, 4.69) is 15.1 Å². The summed E-state index contributed by atoms with van der Waals surface area (Å²) in [5.41, 5.74) is 5.16. The van der Waals surface area contributed by atoms with E-state index < -0.39 is 4.92 Å². The van der Waals surface area contributed by atoms with Crippen molar-refractivity contribution in [2.75, 3.05) is 0 Å². The van der Waals surface area contributed by atoms with Gasteiger partial charge >= 0.3 is 5.69 Å². The van der Waals surface area contributed by atoms with Gasteiger partial charge in [-0.2, -0.15) is 0 Å². The number of amidine groups is 1. The molecule has 1 heterocycles. The number of nitrogens with two attached hydrogens (primary N) is 1. The van der Waals surface area contributed by atoms with Gasteiger partial charge in [0.25, 0.3) is 0 Å². The highest BCUT2D eigenvalue weighted by Gasteiger charge is 2.17. The summed E-state index contributed by atoms with van der Waals surface area (Å²) >= 11 is 5.70. The molecule has 0 amide bonds. The summed E-state index contributed by atoms with van der Waals surface area (Å²) in [6.45, 7) is 0. The summed E-state index contributed by atoms with van der Waals surface area (Å²) in [5.74, 6) is -0.239. The highest BCUT2D eigenvalue weighted by Crippen LogP contribution is 2.32. The molecule has 0 bridgehead atoms. The molecule has 2 rings (SSSR count). The van der Waals surface area contributed by atoms with Crippen LogP contribution in [0.5, 0.6) is 11.6 Å². The SMILES string of the molecule is NC(=NO)c1cnc(Oc2ccc(Cl)cc2[N+](=O)[O-])cn1. The standard InChI is InChI=1S/C11H8ClN5O4/c12-6-1-2-9(8(3-6)17(19)20)21-10-5-14-7(4-15-10)11(13)16-18/h1-5,18H,(H2,13,16). The van der Waals surface area contributed by atoms with E-state index in [9.17, 15) is 10.1 Å². The first-order valence-corrected chi connectivity index (χ1v) is 5.81. The van der Waals surface area contributed by atoms with Crippen molar-refractivity contribution < 1.29 is 14.9 Å². The van der Waals surface area contributed by atoms with Crippen LogP contribution >= 0.6 is 11.6 Å². The van der Waals surface area contributed by atoms with Crippen LogP contribution in [0.25, 0.3) is 0 Å². The van der Waals surface area contributed by atoms with Crippen molar-refractivity contribution in [1.29, 1.82) is 0 Å². The highest BCUT2D eigenvalue weighted by atomic mass is 35.5. The third-order valence-electron chi connectivity index (χ3n) is 2.33. The predicted molar refractivity (Wildman–Crippen MR) is 72.7 cm³/mol. The van der Waals surface area contributed by atoms with Gasteiger partial charge in [0.2, 0.25) is 11.6 Å². The lowest BCUT2D eigenvalue weighted by Gasteiger charge is -2.05. The second-order valence-corrected chi connectivity index (χ2v) is 4.13. The molecule has 0 unspecified atom stereocenters. The first-order valence-electron chi connectivity index (χ1n) is 5.43. The Morgan fingerprint density at radius 2 is 2.19 bits per heavy atom. The fourth-order valence-electron chi connectivity index (χ4n) is 1.38. The normalized spacial score (nSPS) is 11.2. The molecule has 0 atom stereocenters. The van der Waals surface area contributed by atoms with Crippen molar-refractivity contribution >= 4 is 23.1 Å². The molecule has 3 N–H and O–H groups in total. The predicted octanol–water partition coefficient (Wildman–Crippen LogP) is 1.92. The molecular weight excluding hydrogens is 302 g/mol. The fourth-order valence-corrected chi connectivity index (χ4v) is 1.55. The van der Waals surface area contributed by atoms with Gasteiger partial charge in [-0.3, -0.25) is 10.1 Å². The summed E-state index contributed by atoms with van der Waals surface area (Å²) < 4.78 is 5.28. The number of hydrogen-bond acceptors (Lipinski definition) is 7. The number of nitrogens with zero attached hydrogens (tertiary/aromatic N) is 4. The van der Waals surface area contributed by atoms with Gasteiger partial charge < -0.3 is 15.7 Å². The molecule has 2 aromatic rings. The lowest BCUT2D eigenvalue weighted by molar-refractivity contribution is -0.385. The van der Waals surface area contributed by atoms with E-state index in [0.717, 1.165) is 6.07 Å². The Bertz CT molecular complexity index is 704. The zero-order valence-corrected chi connectivity index (χ0v) is 11.1. The smallest absolute Gasteiger partial charge is 0.313 e. The largest absolute Gasteiger partial charge is 0.430 e. The third-order valence-corrected chi connectivity index (χ3v) is 2.57. The fraction of sp³-hybridized carbons (Fsp3) is 0. The van der Waals surface area contributed by atoms with Crippen LogP contribution in [-0.2, 0) is 0 Å². The van der Waals surface area contributed by atoms with Crippen LogP contribution in [-0.4, -0.2) is 25.9 Å². The Morgan fingerprint density at radius 1 is 1.43 bits per heavy atom. The van der Waals surface area contributed by atoms with Crippen LogP contribution in [0.15, 0.2) is 35.7 Å². The van der Waals surface area contributed by atoms with E-state index >= 15 is 0 Å². The van der Waals surface area contributed by atoms with Crippen molar-refractivity contribution in [1.82, 2.24) is 9.97 Å². The van der Waals surface area contributed by atoms with E-state index in [-0.39, 0.29) is 33.9 Å². The molecule has 0 saturated heterocycles. The Labute approximate surface area is 122 Å². The molecule has 10 heteroatoms. The number of rotatable bonds is 4. The summed E-state index contributed by atoms with van der Waals surface area (Å²) in [7, 11) is 0. The molecule has 9 nitrogen and oxygen atoms in total. The molecule has 0 fully saturated rings. The number of benzene rings is 1. The number of ether oxygens (including phenoxy) is 1. The number of nitro benzene ring substituents is 1. The van der Waals surface area contributed by atoms with Crippen LogP contribution in [0.2, 0.25) is 5.02 Å². The number of hydrogen-bond donors (Lipinski definition) is 2. The average molecular weight is 310 g/mol. The number of oxime groups is 1. The van der Waals surface area contributed by atoms with Crippen molar-refractivity contribution in [3.05, 3.63) is 51.4 Å². The lowest BCUT2D eigenvalue weighted by atomic mass is 10.3. The molecule has 0 aliphatic carbocycles. The van der Waals surface area contributed by atoms with Crippen LogP contribution < -0.4 is 10.5 Å². The van der Waals surface area contributed by atoms with Crippen LogP contribution in [0, 0.1) is 10.1 Å². The number of halogens is 1. The van der Waals surface area contributed by atoms with E-state index in [4.69, 9.17) is 27.3 Å². The van der Waals surface area contributed by atoms with Crippen LogP contribution in [0.4, 0.5) is 5.69 Å². The Hall–Kier alpha value is -2.94. The first kappa shape index (κ1) is 14.5. The van der Waals surface area contributed by atoms with Gasteiger partial charge in [0.1, 0.15) is 5.69 Å². The van der Waals surface area contributed by atoms with Gasteiger partial charge in [-0.1, -0.05) is 16.8 Å². The Kier molecular flexibility index (Phi) is 4.14. The van der Waals surface area contributed by atoms with E-state index in [1.165, 1.54) is 24.5 Å². The molecule has 0 aliphatic heterocycles. The van der Waals surface area contributed by atoms with Gasteiger partial charge in [0.05, 0.1) is 17.3 Å². The molecule has 0 radical (unpaired) electrons. The quantitative estimate of drug-likeness (QED) is 0.289. The van der Waals surface area contributed by atoms with Crippen molar-refractivity contribution in [3.8, 4) is 11.6 Å². The molecule has 108 valence electrons. The van der Waals surface area contributed by atoms with Gasteiger partial charge in [-0.15, -0.1) is 0 Å². The van der Waals surface area contributed by atoms with E-state index in [0.29, 0.717) is 0 Å². The van der Waals surface area contributed by atoms with Crippen molar-refractivity contribution in [3.63, 3.8) is 0 Å². The minimum Gasteiger partial charge on any atom is -0.430 e. The van der Waals surface area contributed by atoms with Crippen molar-refractivity contribution in [2.45, 2.75) is 0 Å². The second kappa shape index (κ2) is 6.01. The number of nitro groups is 1. The summed E-state index contributed by atoms with van der Waals surface area (Å²) in [6.07, 6.45) is 2.39. The minimum absolute atomic E-state index is 0.00918. The lowest BCUT2D eigenvalue weighted by Crippen LogP contribution is -2.15. The molecule has 1 aromatic heterocycles. The van der Waals surface area contributed by atoms with Crippen molar-refractivity contribution in [2.24, 2.45) is 10.9 Å². The number of aromatic nitrogens is 2. The van der Waals surface area contributed by atoms with Gasteiger partial charge in [0, 0.05) is 11.1 Å². The maximum atomic E-state index is 10.9. The maximum absolute atomic E-state index is 10.9. The molecule has 0 spiro atoms. The first-order chi connectivity index (χ1) is 10.0. The zero-order valence-electron chi connectivity index (χ0n) is 10.3. The third kappa shape index (κ3) is 3.34. The molecule has 0 aliphatic rings. The van der Waals surface area contributed by atoms with Gasteiger partial charge in [0.15, 0.2) is 5.84 Å². The maximum Gasteiger partial charge on any atom is 0.313 e. The topological polar surface area (TPSA) is 137 Å². The van der Waals surface area contributed by atoms with Crippen LogP contribution in [0.3, 0.4) is 0 Å². The molecule has 21 heavy (non-hydrogen) atoms. The van der Waals surface area contributed by atoms with E-state index in [1.807, 2.05) is 0 Å². The summed E-state index contributed by atoms with van der Waals surface area (Å²) in [5, 5.41) is 22.4. The monoisotopic (exact) mass is 309 g/mol. The molecular formula is C11H8ClN5O4. The minimum atomic E-state index is -0.626. The molecule has 1 aromatic carbocycles. The van der Waals surface area contributed by atoms with Gasteiger partial charge in [-0.05, 0) is 12.1 Å². The Balaban J connectivity index is 2.28. The highest BCUT2D eigenvalue weighted by molar-refractivity contribution is 6.30. The molecule has 0 saturated carbocycles. The van der Waals surface area contributed by atoms with E-state index in [1.54, 1.807) is 0 Å². The average Bonchev–Trinajstić information content (AvgIpc) is 2.49. The zero-order chi connectivity index (χ0) is 15.4.